The number of nitrogens with zero attached hydrogens (tertiary/aromatic N) is 1. The summed E-state index contributed by atoms with van der Waals surface area (Å²) in [7, 11) is 1.71. The quantitative estimate of drug-likeness (QED) is 0.623. The van der Waals surface area contributed by atoms with Gasteiger partial charge in [0.15, 0.2) is 0 Å². The van der Waals surface area contributed by atoms with E-state index in [1.807, 2.05) is 30.1 Å². The van der Waals surface area contributed by atoms with E-state index in [0.717, 1.165) is 41.2 Å². The SMILES string of the molecule is COc1cc(NCCCCCCC2CSCCO2)c2nccc(C)c2c1. The lowest BCUT2D eigenvalue weighted by Gasteiger charge is -2.22. The van der Waals surface area contributed by atoms with Crippen molar-refractivity contribution in [3.05, 3.63) is 30.0 Å². The lowest BCUT2D eigenvalue weighted by molar-refractivity contribution is 0.0678. The van der Waals surface area contributed by atoms with E-state index in [1.165, 1.54) is 43.4 Å². The van der Waals surface area contributed by atoms with Crippen LogP contribution in [0.15, 0.2) is 24.4 Å². The number of unbranched alkanes of at least 4 members (excludes halogenated alkanes) is 3. The van der Waals surface area contributed by atoms with E-state index in [0.29, 0.717) is 6.10 Å². The van der Waals surface area contributed by atoms with Gasteiger partial charge in [0.1, 0.15) is 5.75 Å². The van der Waals surface area contributed by atoms with Crippen molar-refractivity contribution >= 4 is 28.4 Å². The van der Waals surface area contributed by atoms with Crippen LogP contribution in [0.5, 0.6) is 5.75 Å². The van der Waals surface area contributed by atoms with Crippen molar-refractivity contribution in [2.75, 3.05) is 37.1 Å². The average molecular weight is 375 g/mol. The minimum Gasteiger partial charge on any atom is -0.497 e. The number of hydrogen-bond donors (Lipinski definition) is 1. The number of fused-ring (bicyclic) bond motifs is 1. The summed E-state index contributed by atoms with van der Waals surface area (Å²) in [6, 6.07) is 6.15. The second-order valence-electron chi connectivity index (χ2n) is 6.90. The third-order valence-corrected chi connectivity index (χ3v) is 5.99. The van der Waals surface area contributed by atoms with Gasteiger partial charge >= 0.3 is 0 Å². The smallest absolute Gasteiger partial charge is 0.121 e. The highest BCUT2D eigenvalue weighted by atomic mass is 32.2. The highest BCUT2D eigenvalue weighted by molar-refractivity contribution is 7.99. The Morgan fingerprint density at radius 2 is 2.15 bits per heavy atom. The normalized spacial score (nSPS) is 17.4. The van der Waals surface area contributed by atoms with Crippen LogP contribution in [0.1, 0.15) is 37.7 Å². The number of nitrogens with one attached hydrogen (secondary N) is 1. The first-order chi connectivity index (χ1) is 12.8. The van der Waals surface area contributed by atoms with Gasteiger partial charge in [-0.2, -0.15) is 11.8 Å². The summed E-state index contributed by atoms with van der Waals surface area (Å²) in [6.07, 6.45) is 8.55. The maximum absolute atomic E-state index is 5.78. The van der Waals surface area contributed by atoms with Crippen LogP contribution in [0.25, 0.3) is 10.9 Å². The monoisotopic (exact) mass is 374 g/mol. The largest absolute Gasteiger partial charge is 0.497 e. The topological polar surface area (TPSA) is 43.4 Å². The molecule has 1 N–H and O–H groups in total. The first-order valence-electron chi connectivity index (χ1n) is 9.64. The van der Waals surface area contributed by atoms with Gasteiger partial charge in [-0.05, 0) is 37.5 Å². The fourth-order valence-electron chi connectivity index (χ4n) is 3.39. The van der Waals surface area contributed by atoms with Crippen molar-refractivity contribution in [1.29, 1.82) is 0 Å². The van der Waals surface area contributed by atoms with E-state index in [2.05, 4.69) is 23.3 Å². The number of ether oxygens (including phenoxy) is 2. The molecule has 1 aliphatic rings. The standard InChI is InChI=1S/C21H30N2O2S/c1-16-8-10-23-21-19(16)13-18(24-2)14-20(21)22-9-6-4-3-5-7-17-15-26-12-11-25-17/h8,10,13-14,17,22H,3-7,9,11-12,15H2,1-2H3. The molecule has 0 spiro atoms. The van der Waals surface area contributed by atoms with Gasteiger partial charge in [-0.1, -0.05) is 19.3 Å². The summed E-state index contributed by atoms with van der Waals surface area (Å²) >= 11 is 2.03. The summed E-state index contributed by atoms with van der Waals surface area (Å²) < 4.78 is 11.2. The molecule has 1 atom stereocenters. The Bertz CT molecular complexity index is 702. The third-order valence-electron chi connectivity index (χ3n) is 4.93. The van der Waals surface area contributed by atoms with Gasteiger partial charge in [0.25, 0.3) is 0 Å². The van der Waals surface area contributed by atoms with Gasteiger partial charge in [-0.25, -0.2) is 0 Å². The lowest BCUT2D eigenvalue weighted by atomic mass is 10.1. The van der Waals surface area contributed by atoms with Crippen LogP contribution >= 0.6 is 11.8 Å². The number of methoxy groups -OCH3 is 1. The molecule has 0 aliphatic carbocycles. The highest BCUT2D eigenvalue weighted by Crippen LogP contribution is 2.29. The summed E-state index contributed by atoms with van der Waals surface area (Å²) in [4.78, 5) is 4.56. The minimum atomic E-state index is 0.490. The van der Waals surface area contributed by atoms with Crippen LogP contribution in [0, 0.1) is 6.92 Å². The molecule has 1 aliphatic heterocycles. The van der Waals surface area contributed by atoms with Crippen molar-refractivity contribution in [3.63, 3.8) is 0 Å². The van der Waals surface area contributed by atoms with Gasteiger partial charge < -0.3 is 14.8 Å². The Hall–Kier alpha value is -1.46. The van der Waals surface area contributed by atoms with Crippen molar-refractivity contribution in [3.8, 4) is 5.75 Å². The second-order valence-corrected chi connectivity index (χ2v) is 8.05. The number of anilines is 1. The number of aromatic nitrogens is 1. The van der Waals surface area contributed by atoms with E-state index in [9.17, 15) is 0 Å². The van der Waals surface area contributed by atoms with Gasteiger partial charge in [0.05, 0.1) is 31.0 Å². The maximum atomic E-state index is 5.78. The molecule has 0 bridgehead atoms. The summed E-state index contributed by atoms with van der Waals surface area (Å²) in [5.41, 5.74) is 3.31. The molecule has 2 aromatic rings. The molecule has 1 unspecified atom stereocenters. The Kier molecular flexibility index (Phi) is 7.44. The Balaban J connectivity index is 1.43. The van der Waals surface area contributed by atoms with E-state index in [1.54, 1.807) is 7.11 Å². The molecule has 26 heavy (non-hydrogen) atoms. The fourth-order valence-corrected chi connectivity index (χ4v) is 4.30. The molecule has 142 valence electrons. The molecule has 2 heterocycles. The van der Waals surface area contributed by atoms with Gasteiger partial charge in [-0.15, -0.1) is 0 Å². The molecule has 1 fully saturated rings. The molecular weight excluding hydrogens is 344 g/mol. The summed E-state index contributed by atoms with van der Waals surface area (Å²) in [5, 5.41) is 4.71. The third kappa shape index (κ3) is 5.27. The Morgan fingerprint density at radius 3 is 2.96 bits per heavy atom. The van der Waals surface area contributed by atoms with Crippen LogP contribution in [0.4, 0.5) is 5.69 Å². The number of benzene rings is 1. The number of hydrogen-bond acceptors (Lipinski definition) is 5. The molecule has 1 saturated heterocycles. The van der Waals surface area contributed by atoms with Gasteiger partial charge in [0.2, 0.25) is 0 Å². The number of thioether (sulfide) groups is 1. The zero-order valence-corrected chi connectivity index (χ0v) is 16.7. The molecule has 5 heteroatoms. The van der Waals surface area contributed by atoms with Gasteiger partial charge in [0, 0.05) is 35.7 Å². The van der Waals surface area contributed by atoms with Crippen LogP contribution in [0.3, 0.4) is 0 Å². The molecule has 0 saturated carbocycles. The van der Waals surface area contributed by atoms with Crippen molar-refractivity contribution < 1.29 is 9.47 Å². The second kappa shape index (κ2) is 10.0. The van der Waals surface area contributed by atoms with Crippen molar-refractivity contribution in [1.82, 2.24) is 4.98 Å². The molecular formula is C21H30N2O2S. The first kappa shape index (κ1) is 19.3. The average Bonchev–Trinajstić information content (AvgIpc) is 2.68. The number of pyridine rings is 1. The van der Waals surface area contributed by atoms with Crippen LogP contribution in [-0.4, -0.2) is 42.9 Å². The molecule has 0 amide bonds. The van der Waals surface area contributed by atoms with E-state index < -0.39 is 0 Å². The van der Waals surface area contributed by atoms with Crippen LogP contribution in [0.2, 0.25) is 0 Å². The van der Waals surface area contributed by atoms with Crippen molar-refractivity contribution in [2.24, 2.45) is 0 Å². The maximum Gasteiger partial charge on any atom is 0.121 e. The Morgan fingerprint density at radius 1 is 1.27 bits per heavy atom. The molecule has 3 rings (SSSR count). The lowest BCUT2D eigenvalue weighted by Crippen LogP contribution is -2.22. The predicted molar refractivity (Wildman–Crippen MR) is 112 cm³/mol. The van der Waals surface area contributed by atoms with E-state index >= 15 is 0 Å². The summed E-state index contributed by atoms with van der Waals surface area (Å²) in [6.45, 7) is 4.01. The van der Waals surface area contributed by atoms with Crippen LogP contribution in [-0.2, 0) is 4.74 Å². The van der Waals surface area contributed by atoms with E-state index in [-0.39, 0.29) is 0 Å². The molecule has 4 nitrogen and oxygen atoms in total. The fraction of sp³-hybridized carbons (Fsp3) is 0.571. The van der Waals surface area contributed by atoms with E-state index in [4.69, 9.17) is 9.47 Å². The Labute approximate surface area is 161 Å². The predicted octanol–water partition coefficient (Wildman–Crippen LogP) is 5.05. The number of rotatable bonds is 9. The number of aryl methyl sites for hydroxylation is 1. The van der Waals surface area contributed by atoms with Gasteiger partial charge in [-0.3, -0.25) is 4.98 Å². The summed E-state index contributed by atoms with van der Waals surface area (Å²) in [5.74, 6) is 3.22. The zero-order chi connectivity index (χ0) is 18.2. The minimum absolute atomic E-state index is 0.490. The highest BCUT2D eigenvalue weighted by Gasteiger charge is 2.13. The molecule has 1 aromatic carbocycles. The zero-order valence-electron chi connectivity index (χ0n) is 15.9. The molecule has 0 radical (unpaired) electrons. The van der Waals surface area contributed by atoms with Crippen molar-refractivity contribution in [2.45, 2.75) is 45.1 Å². The first-order valence-corrected chi connectivity index (χ1v) is 10.8. The molecule has 1 aromatic heterocycles. The van der Waals surface area contributed by atoms with Crippen LogP contribution < -0.4 is 10.1 Å².